The second-order valence-electron chi connectivity index (χ2n) is 7.29. The number of nitrogens with zero attached hydrogens (tertiary/aromatic N) is 3. The Morgan fingerprint density at radius 3 is 2.62 bits per heavy atom. The lowest BCUT2D eigenvalue weighted by molar-refractivity contribution is -0.144. The molecule has 0 saturated carbocycles. The van der Waals surface area contributed by atoms with Gasteiger partial charge in [-0.3, -0.25) is 19.7 Å². The number of anilines is 1. The second kappa shape index (κ2) is 7.45. The van der Waals surface area contributed by atoms with E-state index in [4.69, 9.17) is 0 Å². The predicted octanol–water partition coefficient (Wildman–Crippen LogP) is 0.343. The number of aromatic nitrogens is 2. The summed E-state index contributed by atoms with van der Waals surface area (Å²) in [5.41, 5.74) is 0.675. The lowest BCUT2D eigenvalue weighted by atomic mass is 9.99. The quantitative estimate of drug-likeness (QED) is 0.658. The summed E-state index contributed by atoms with van der Waals surface area (Å²) in [5.74, 6) is -0.357. The maximum Gasteiger partial charge on any atom is 0.315 e. The Bertz CT molecular complexity index is 707. The molecular weight excluding hydrogens is 336 g/mol. The summed E-state index contributed by atoms with van der Waals surface area (Å²) in [6, 6.07) is 1.66. The SMILES string of the molecule is Cc1cc(NC(=O)C(=O)N2CCC(C)CC2)n(C2NC(=O)CC(C)N2)n1. The van der Waals surface area contributed by atoms with Crippen LogP contribution in [-0.2, 0) is 14.4 Å². The van der Waals surface area contributed by atoms with Crippen molar-refractivity contribution in [3.05, 3.63) is 11.8 Å². The third-order valence-electron chi connectivity index (χ3n) is 4.84. The first-order chi connectivity index (χ1) is 12.3. The van der Waals surface area contributed by atoms with Crippen molar-refractivity contribution in [3.63, 3.8) is 0 Å². The van der Waals surface area contributed by atoms with E-state index >= 15 is 0 Å². The first kappa shape index (κ1) is 18.4. The van der Waals surface area contributed by atoms with Gasteiger partial charge in [-0.2, -0.15) is 5.10 Å². The summed E-state index contributed by atoms with van der Waals surface area (Å²) in [7, 11) is 0. The number of hydrogen-bond donors (Lipinski definition) is 3. The van der Waals surface area contributed by atoms with Gasteiger partial charge in [0.05, 0.1) is 5.69 Å². The molecule has 2 aliphatic heterocycles. The molecule has 3 rings (SSSR count). The third-order valence-corrected chi connectivity index (χ3v) is 4.84. The molecule has 0 aromatic carbocycles. The summed E-state index contributed by atoms with van der Waals surface area (Å²) >= 11 is 0. The van der Waals surface area contributed by atoms with Crippen LogP contribution in [0.3, 0.4) is 0 Å². The number of nitrogens with one attached hydrogen (secondary N) is 3. The number of hydrogen-bond acceptors (Lipinski definition) is 5. The third kappa shape index (κ3) is 4.04. The van der Waals surface area contributed by atoms with Gasteiger partial charge in [0.15, 0.2) is 6.29 Å². The number of rotatable bonds is 2. The highest BCUT2D eigenvalue weighted by atomic mass is 16.2. The molecule has 0 aliphatic carbocycles. The molecule has 0 radical (unpaired) electrons. The highest BCUT2D eigenvalue weighted by Crippen LogP contribution is 2.19. The van der Waals surface area contributed by atoms with Crippen LogP contribution >= 0.6 is 0 Å². The predicted molar refractivity (Wildman–Crippen MR) is 95.0 cm³/mol. The summed E-state index contributed by atoms with van der Waals surface area (Å²) in [5, 5.41) is 13.0. The molecule has 2 atom stereocenters. The van der Waals surface area contributed by atoms with E-state index < -0.39 is 18.1 Å². The van der Waals surface area contributed by atoms with Crippen LogP contribution in [0.15, 0.2) is 6.07 Å². The molecule has 1 aromatic rings. The van der Waals surface area contributed by atoms with Gasteiger partial charge in [-0.25, -0.2) is 4.68 Å². The van der Waals surface area contributed by atoms with Crippen molar-refractivity contribution in [3.8, 4) is 0 Å². The van der Waals surface area contributed by atoms with E-state index in [2.05, 4.69) is 28.0 Å². The summed E-state index contributed by atoms with van der Waals surface area (Å²) in [6.45, 7) is 7.04. The molecule has 2 fully saturated rings. The molecule has 9 heteroatoms. The van der Waals surface area contributed by atoms with Crippen LogP contribution in [0, 0.1) is 12.8 Å². The Balaban J connectivity index is 1.70. The van der Waals surface area contributed by atoms with Crippen molar-refractivity contribution in [2.24, 2.45) is 5.92 Å². The average Bonchev–Trinajstić information content (AvgIpc) is 2.94. The number of carbonyl (C=O) groups excluding carboxylic acids is 3. The van der Waals surface area contributed by atoms with Crippen LogP contribution in [-0.4, -0.2) is 51.5 Å². The van der Waals surface area contributed by atoms with Crippen LogP contribution in [0.4, 0.5) is 5.82 Å². The van der Waals surface area contributed by atoms with Gasteiger partial charge in [-0.1, -0.05) is 6.92 Å². The maximum absolute atomic E-state index is 12.4. The topological polar surface area (TPSA) is 108 Å². The van der Waals surface area contributed by atoms with Gasteiger partial charge < -0.3 is 15.5 Å². The van der Waals surface area contributed by atoms with Crippen molar-refractivity contribution in [1.82, 2.24) is 25.3 Å². The summed E-state index contributed by atoms with van der Waals surface area (Å²) in [4.78, 5) is 38.2. The Labute approximate surface area is 152 Å². The van der Waals surface area contributed by atoms with Crippen LogP contribution < -0.4 is 16.0 Å². The van der Waals surface area contributed by atoms with Crippen molar-refractivity contribution in [2.75, 3.05) is 18.4 Å². The highest BCUT2D eigenvalue weighted by Gasteiger charge is 2.29. The first-order valence-corrected chi connectivity index (χ1v) is 9.05. The van der Waals surface area contributed by atoms with Crippen LogP contribution in [0.25, 0.3) is 0 Å². The lowest BCUT2D eigenvalue weighted by Crippen LogP contribution is -2.52. The Hall–Kier alpha value is -2.42. The Morgan fingerprint density at radius 1 is 1.27 bits per heavy atom. The van der Waals surface area contributed by atoms with Crippen molar-refractivity contribution in [1.29, 1.82) is 0 Å². The second-order valence-corrected chi connectivity index (χ2v) is 7.29. The molecule has 1 aromatic heterocycles. The van der Waals surface area contributed by atoms with Crippen LogP contribution in [0.5, 0.6) is 0 Å². The number of carbonyl (C=O) groups is 3. The molecular formula is C17H26N6O3. The zero-order valence-corrected chi connectivity index (χ0v) is 15.4. The fourth-order valence-corrected chi connectivity index (χ4v) is 3.32. The Kier molecular flexibility index (Phi) is 5.26. The van der Waals surface area contributed by atoms with E-state index in [1.165, 1.54) is 4.68 Å². The van der Waals surface area contributed by atoms with Crippen LogP contribution in [0.1, 0.15) is 45.1 Å². The van der Waals surface area contributed by atoms with Gasteiger partial charge in [0.25, 0.3) is 0 Å². The summed E-state index contributed by atoms with van der Waals surface area (Å²) in [6.07, 6.45) is 1.63. The fraction of sp³-hybridized carbons (Fsp3) is 0.647. The molecule has 0 bridgehead atoms. The van der Waals surface area contributed by atoms with Crippen molar-refractivity contribution < 1.29 is 14.4 Å². The van der Waals surface area contributed by atoms with Gasteiger partial charge in [-0.05, 0) is 32.6 Å². The molecule has 26 heavy (non-hydrogen) atoms. The molecule has 9 nitrogen and oxygen atoms in total. The van der Waals surface area contributed by atoms with Crippen LogP contribution in [0.2, 0.25) is 0 Å². The normalized spacial score (nSPS) is 24.3. The van der Waals surface area contributed by atoms with E-state index in [0.717, 1.165) is 12.8 Å². The minimum Gasteiger partial charge on any atom is -0.334 e. The molecule has 142 valence electrons. The fourth-order valence-electron chi connectivity index (χ4n) is 3.32. The molecule has 3 heterocycles. The number of piperidine rings is 1. The number of aryl methyl sites for hydroxylation is 1. The molecule has 3 amide bonds. The first-order valence-electron chi connectivity index (χ1n) is 9.05. The average molecular weight is 362 g/mol. The highest BCUT2D eigenvalue weighted by molar-refractivity contribution is 6.39. The van der Waals surface area contributed by atoms with Gasteiger partial charge in [0.2, 0.25) is 5.91 Å². The van der Waals surface area contributed by atoms with E-state index in [0.29, 0.717) is 36.9 Å². The zero-order valence-electron chi connectivity index (χ0n) is 15.4. The molecule has 2 unspecified atom stereocenters. The Morgan fingerprint density at radius 2 is 1.96 bits per heavy atom. The lowest BCUT2D eigenvalue weighted by Gasteiger charge is -2.31. The molecule has 3 N–H and O–H groups in total. The van der Waals surface area contributed by atoms with Gasteiger partial charge in [0, 0.05) is 31.6 Å². The van der Waals surface area contributed by atoms with Crippen molar-refractivity contribution in [2.45, 2.75) is 52.4 Å². The number of likely N-dealkylation sites (tertiary alicyclic amines) is 1. The van der Waals surface area contributed by atoms with E-state index in [-0.39, 0.29) is 11.9 Å². The molecule has 0 spiro atoms. The molecule has 2 aliphatic rings. The van der Waals surface area contributed by atoms with E-state index in [1.807, 2.05) is 6.92 Å². The van der Waals surface area contributed by atoms with Gasteiger partial charge in [-0.15, -0.1) is 0 Å². The van der Waals surface area contributed by atoms with E-state index in [9.17, 15) is 14.4 Å². The standard InChI is InChI=1S/C17H26N6O3/c1-10-4-6-22(7-5-10)16(26)15(25)19-13-8-12(3)21-23(13)17-18-11(2)9-14(24)20-17/h8,10-11,17-18H,4-7,9H2,1-3H3,(H,19,25)(H,20,24). The van der Waals surface area contributed by atoms with Gasteiger partial charge >= 0.3 is 11.8 Å². The summed E-state index contributed by atoms with van der Waals surface area (Å²) < 4.78 is 1.49. The minimum absolute atomic E-state index is 0.0150. The largest absolute Gasteiger partial charge is 0.334 e. The molecule has 2 saturated heterocycles. The monoisotopic (exact) mass is 362 g/mol. The number of amides is 3. The van der Waals surface area contributed by atoms with E-state index in [1.54, 1.807) is 17.9 Å². The minimum atomic E-state index is -0.684. The van der Waals surface area contributed by atoms with Crippen molar-refractivity contribution >= 4 is 23.5 Å². The zero-order chi connectivity index (χ0) is 18.8. The van der Waals surface area contributed by atoms with Gasteiger partial charge in [0.1, 0.15) is 5.82 Å². The smallest absolute Gasteiger partial charge is 0.315 e. The maximum atomic E-state index is 12.4.